The molecule has 3 heterocycles. The minimum Gasteiger partial charge on any atom is -0.304 e. The van der Waals surface area contributed by atoms with Crippen LogP contribution in [0.3, 0.4) is 0 Å². The van der Waals surface area contributed by atoms with E-state index in [1.54, 1.807) is 42.5 Å². The monoisotopic (exact) mass is 1010 g/mol. The van der Waals surface area contributed by atoms with Crippen molar-refractivity contribution in [2.75, 3.05) is 0 Å². The molecule has 0 amide bonds. The first kappa shape index (κ1) is 36.1. The molecule has 0 atom stereocenters. The second-order valence-corrected chi connectivity index (χ2v) is 17.4. The maximum atomic E-state index is 9.98. The van der Waals surface area contributed by atoms with Crippen molar-refractivity contribution in [1.82, 2.24) is 15.0 Å². The van der Waals surface area contributed by atoms with Gasteiger partial charge in [0.2, 0.25) is 0 Å². The zero-order chi connectivity index (χ0) is 49.5. The van der Waals surface area contributed by atoms with Gasteiger partial charge in [0.25, 0.3) is 0 Å². The Bertz CT molecular complexity index is 3180. The zero-order valence-electron chi connectivity index (χ0n) is 43.3. The van der Waals surface area contributed by atoms with Crippen molar-refractivity contribution >= 4 is 10.8 Å². The van der Waals surface area contributed by atoms with Gasteiger partial charge in [0.05, 0.1) is 0 Å². The molecule has 316 valence electrons. The third-order valence-electron chi connectivity index (χ3n) is 11.8. The van der Waals surface area contributed by atoms with Crippen molar-refractivity contribution in [3.8, 4) is 44.9 Å². The van der Waals surface area contributed by atoms with Gasteiger partial charge >= 0.3 is 20.1 Å². The van der Waals surface area contributed by atoms with Crippen molar-refractivity contribution in [3.63, 3.8) is 0 Å². The number of nitrogens with zero attached hydrogens (tertiary/aromatic N) is 3. The van der Waals surface area contributed by atoms with Gasteiger partial charge in [-0.3, -0.25) is 0 Å². The molecule has 0 saturated carbocycles. The zero-order valence-corrected chi connectivity index (χ0v) is 38.7. The van der Waals surface area contributed by atoms with E-state index in [2.05, 4.69) is 64.1 Å². The molecular weight excluding hydrogens is 955 g/mol. The second-order valence-electron chi connectivity index (χ2n) is 17.4. The van der Waals surface area contributed by atoms with Crippen LogP contribution in [0.5, 0.6) is 0 Å². The molecule has 64 heavy (non-hydrogen) atoms. The molecule has 0 aliphatic carbocycles. The molecule has 0 unspecified atom stereocenters. The van der Waals surface area contributed by atoms with Gasteiger partial charge in [0.1, 0.15) is 0 Å². The number of aryl methyl sites for hydroxylation is 3. The van der Waals surface area contributed by atoms with Gasteiger partial charge in [0.15, 0.2) is 0 Å². The molecule has 0 N–H and O–H groups in total. The summed E-state index contributed by atoms with van der Waals surface area (Å²) in [7, 11) is 0. The minimum absolute atomic E-state index is 0. The molecule has 0 saturated heterocycles. The fourth-order valence-corrected chi connectivity index (χ4v) is 8.42. The maximum Gasteiger partial charge on any atom is 3.00 e. The molecule has 0 aliphatic rings. The molecule has 0 fully saturated rings. The molecule has 9 rings (SSSR count). The van der Waals surface area contributed by atoms with Gasteiger partial charge in [-0.05, 0) is 110 Å². The largest absolute Gasteiger partial charge is 3.00 e. The molecule has 0 bridgehead atoms. The second kappa shape index (κ2) is 19.2. The van der Waals surface area contributed by atoms with Crippen molar-refractivity contribution in [2.45, 2.75) is 71.0 Å². The van der Waals surface area contributed by atoms with Crippen molar-refractivity contribution in [3.05, 3.63) is 233 Å². The predicted molar refractivity (Wildman–Crippen MR) is 261 cm³/mol. The fourth-order valence-electron chi connectivity index (χ4n) is 8.42. The van der Waals surface area contributed by atoms with Crippen molar-refractivity contribution < 1.29 is 29.7 Å². The van der Waals surface area contributed by atoms with Gasteiger partial charge in [0, 0.05) is 28.2 Å². The average molecular weight is 1010 g/mol. The first-order valence-corrected chi connectivity index (χ1v) is 21.3. The Kier molecular flexibility index (Phi) is 10.8. The van der Waals surface area contributed by atoms with Gasteiger partial charge in [-0.2, -0.15) is 0 Å². The summed E-state index contributed by atoms with van der Waals surface area (Å²) in [5.74, 6) is 0. The molecule has 6 aromatic carbocycles. The quantitative estimate of drug-likeness (QED) is 0.108. The Hall–Kier alpha value is -6.32. The summed E-state index contributed by atoms with van der Waals surface area (Å²) in [4.78, 5) is 14.4. The van der Waals surface area contributed by atoms with E-state index in [-0.39, 0.29) is 47.9 Å². The SMILES string of the molecule is [2H]C([2H])([2H])c1ccccc1-c1cc(-c2[c-]ccc3ccccc23)ncc1C([2H])([2H])C([2H])([2H])c1cc(CC(C)(C)c2ccc(-c3[c-]cccc3)nc2)cc(CC(C)(C)c2ccc(-c3[c-]cccc3)nc2)c1.[Ir+3]. The number of hydrogen-bond acceptors (Lipinski definition) is 3. The maximum absolute atomic E-state index is 9.98. The first-order valence-electron chi connectivity index (χ1n) is 24.8. The van der Waals surface area contributed by atoms with Gasteiger partial charge in [-0.15, -0.1) is 101 Å². The molecule has 0 radical (unpaired) electrons. The Morgan fingerprint density at radius 3 is 1.69 bits per heavy atom. The Morgan fingerprint density at radius 1 is 0.516 bits per heavy atom. The first-order chi connectivity index (χ1) is 33.3. The Morgan fingerprint density at radius 2 is 1.09 bits per heavy atom. The summed E-state index contributed by atoms with van der Waals surface area (Å²) >= 11 is 0. The fraction of sp³-hybridized carbons (Fsp3) is 0.183. The van der Waals surface area contributed by atoms with E-state index in [1.807, 2.05) is 103 Å². The smallest absolute Gasteiger partial charge is 0.304 e. The summed E-state index contributed by atoms with van der Waals surface area (Å²) < 4.78 is 65.5. The van der Waals surface area contributed by atoms with Crippen LogP contribution in [0.4, 0.5) is 0 Å². The number of rotatable bonds is 13. The standard InChI is InChI=1S/C60H52N3.Ir/c1-42-17-12-14-24-52(42)55-36-58(54-26-16-23-46-18-13-15-25-53(46)54)61-39-49(55)28-27-43-33-44(37-59(2,3)50-29-31-56(62-40-50)47-19-8-6-9-20-47)35-45(34-43)38-60(4,5)51-30-32-57(63-41-51)48-21-10-7-11-22-48;/h6-19,21,23-25,29-36,39-41H,27-28,37-38H2,1-5H3;/q-3;+3/i1D3,27D2,28D2;. The Labute approximate surface area is 402 Å². The number of fused-ring (bicyclic) bond motifs is 1. The number of hydrogen-bond donors (Lipinski definition) is 0. The molecule has 0 spiro atoms. The third-order valence-corrected chi connectivity index (χ3v) is 11.8. The van der Waals surface area contributed by atoms with E-state index in [0.29, 0.717) is 24.1 Å². The third kappa shape index (κ3) is 9.90. The van der Waals surface area contributed by atoms with Crippen LogP contribution in [0.2, 0.25) is 0 Å². The van der Waals surface area contributed by atoms with E-state index >= 15 is 0 Å². The van der Waals surface area contributed by atoms with Gasteiger partial charge < -0.3 is 15.0 Å². The number of benzene rings is 6. The molecule has 4 heteroatoms. The number of aromatic nitrogens is 3. The van der Waals surface area contributed by atoms with E-state index in [4.69, 9.17) is 19.1 Å². The summed E-state index contributed by atoms with van der Waals surface area (Å²) in [6.07, 6.45) is 0.708. The topological polar surface area (TPSA) is 38.7 Å². The van der Waals surface area contributed by atoms with E-state index in [1.165, 1.54) is 12.3 Å². The molecule has 3 nitrogen and oxygen atoms in total. The summed E-state index contributed by atoms with van der Waals surface area (Å²) in [6, 6.07) is 58.8. The van der Waals surface area contributed by atoms with E-state index in [0.717, 1.165) is 55.5 Å². The Balaban J connectivity index is 0.00000676. The van der Waals surface area contributed by atoms with Crippen LogP contribution < -0.4 is 0 Å². The normalized spacial score (nSPS) is 13.9. The summed E-state index contributed by atoms with van der Waals surface area (Å²) in [5, 5.41) is 1.83. The van der Waals surface area contributed by atoms with Crippen LogP contribution >= 0.6 is 0 Å². The predicted octanol–water partition coefficient (Wildman–Crippen LogP) is 14.2. The summed E-state index contributed by atoms with van der Waals surface area (Å²) in [5.41, 5.74) is 7.84. The van der Waals surface area contributed by atoms with Crippen molar-refractivity contribution in [2.24, 2.45) is 0 Å². The van der Waals surface area contributed by atoms with Gasteiger partial charge in [-0.1, -0.05) is 130 Å². The van der Waals surface area contributed by atoms with E-state index in [9.17, 15) is 5.48 Å². The molecule has 9 aromatic rings. The van der Waals surface area contributed by atoms with Crippen LogP contribution in [-0.2, 0) is 56.5 Å². The number of pyridine rings is 3. The van der Waals surface area contributed by atoms with Crippen molar-refractivity contribution in [1.29, 1.82) is 0 Å². The molecule has 0 aliphatic heterocycles. The van der Waals surface area contributed by atoms with Crippen LogP contribution in [0.1, 0.15) is 76.2 Å². The van der Waals surface area contributed by atoms with Crippen LogP contribution in [0.25, 0.3) is 55.7 Å². The average Bonchev–Trinajstić information content (AvgIpc) is 3.36. The van der Waals surface area contributed by atoms with Gasteiger partial charge in [-0.25, -0.2) is 0 Å². The minimum atomic E-state index is -2.75. The molecule has 3 aromatic heterocycles. The summed E-state index contributed by atoms with van der Waals surface area (Å²) in [6.45, 7) is 5.98. The van der Waals surface area contributed by atoms with E-state index < -0.39 is 30.4 Å². The molecular formula is C60H52IrN3. The van der Waals surface area contributed by atoms with Crippen LogP contribution in [0, 0.1) is 25.1 Å². The van der Waals surface area contributed by atoms with Crippen LogP contribution in [-0.4, -0.2) is 15.0 Å². The van der Waals surface area contributed by atoms with Crippen LogP contribution in [0.15, 0.2) is 176 Å².